The number of aliphatic imine (C=N–C) groups is 1. The molecule has 1 unspecified atom stereocenters. The van der Waals surface area contributed by atoms with Gasteiger partial charge in [-0.3, -0.25) is 0 Å². The Labute approximate surface area is 155 Å². The van der Waals surface area contributed by atoms with Gasteiger partial charge in [-0.25, -0.2) is 13.8 Å². The number of halogens is 3. The van der Waals surface area contributed by atoms with Gasteiger partial charge in [0.15, 0.2) is 5.72 Å². The van der Waals surface area contributed by atoms with E-state index >= 15 is 0 Å². The third-order valence-electron chi connectivity index (χ3n) is 3.91. The normalized spacial score (nSPS) is 21.6. The van der Waals surface area contributed by atoms with Crippen LogP contribution >= 0.6 is 15.9 Å². The quantitative estimate of drug-likeness (QED) is 0.552. The summed E-state index contributed by atoms with van der Waals surface area (Å²) in [6.45, 7) is 6.40. The van der Waals surface area contributed by atoms with Gasteiger partial charge in [-0.2, -0.15) is 0 Å². The second-order valence-electron chi connectivity index (χ2n) is 6.02. The Balaban J connectivity index is 2.25. The van der Waals surface area contributed by atoms with E-state index < -0.39 is 23.5 Å². The van der Waals surface area contributed by atoms with E-state index in [4.69, 9.17) is 4.74 Å². The number of hydrogen-bond acceptors (Lipinski definition) is 3. The van der Waals surface area contributed by atoms with Crippen molar-refractivity contribution < 1.29 is 13.5 Å². The van der Waals surface area contributed by atoms with E-state index in [1.165, 1.54) is 12.1 Å². The number of nitrogens with one attached hydrogen (secondary N) is 1. The maximum Gasteiger partial charge on any atom is 0.179 e. The van der Waals surface area contributed by atoms with Crippen LogP contribution in [0.3, 0.4) is 0 Å². The summed E-state index contributed by atoms with van der Waals surface area (Å²) in [6, 6.07) is 3.37. The van der Waals surface area contributed by atoms with E-state index in [9.17, 15) is 8.78 Å². The molecule has 1 aromatic carbocycles. The van der Waals surface area contributed by atoms with Gasteiger partial charge in [-0.15, -0.1) is 0 Å². The van der Waals surface area contributed by atoms with E-state index in [1.54, 1.807) is 19.5 Å². The Kier molecular flexibility index (Phi) is 6.35. The smallest absolute Gasteiger partial charge is 0.179 e. The SMILES string of the molecule is CCN(C)C=NC1=CC(Br)=CNC1(C)O[C@@H](C)c1cc(F)cc(F)c1. The summed E-state index contributed by atoms with van der Waals surface area (Å²) in [5.41, 5.74) is 0.124. The molecule has 0 saturated heterocycles. The fourth-order valence-corrected chi connectivity index (χ4v) is 2.65. The lowest BCUT2D eigenvalue weighted by atomic mass is 10.1. The summed E-state index contributed by atoms with van der Waals surface area (Å²) >= 11 is 3.41. The molecule has 1 heterocycles. The molecule has 0 bridgehead atoms. The van der Waals surface area contributed by atoms with Crippen LogP contribution in [0.1, 0.15) is 32.4 Å². The molecule has 0 radical (unpaired) electrons. The summed E-state index contributed by atoms with van der Waals surface area (Å²) in [5, 5.41) is 3.15. The minimum atomic E-state index is -0.940. The number of dihydropyridines is 1. The van der Waals surface area contributed by atoms with E-state index in [2.05, 4.69) is 26.2 Å². The zero-order chi connectivity index (χ0) is 18.6. The molecule has 2 rings (SSSR count). The van der Waals surface area contributed by atoms with Crippen LogP contribution in [0, 0.1) is 11.6 Å². The average Bonchev–Trinajstić information content (AvgIpc) is 2.54. The molecule has 1 aliphatic rings. The van der Waals surface area contributed by atoms with Crippen LogP contribution in [0.2, 0.25) is 0 Å². The van der Waals surface area contributed by atoms with Crippen LogP contribution in [0.5, 0.6) is 0 Å². The third kappa shape index (κ3) is 5.12. The molecular weight excluding hydrogens is 392 g/mol. The lowest BCUT2D eigenvalue weighted by Gasteiger charge is -2.36. The summed E-state index contributed by atoms with van der Waals surface area (Å²) in [4.78, 5) is 6.42. The molecule has 2 atom stereocenters. The molecule has 0 saturated carbocycles. The average molecular weight is 414 g/mol. The van der Waals surface area contributed by atoms with Crippen molar-refractivity contribution in [2.24, 2.45) is 4.99 Å². The number of allylic oxidation sites excluding steroid dienone is 2. The molecule has 0 amide bonds. The highest BCUT2D eigenvalue weighted by molar-refractivity contribution is 9.11. The van der Waals surface area contributed by atoms with E-state index in [-0.39, 0.29) is 0 Å². The van der Waals surface area contributed by atoms with Crippen molar-refractivity contribution >= 4 is 22.3 Å². The molecule has 7 heteroatoms. The van der Waals surface area contributed by atoms with Gasteiger partial charge in [0.05, 0.1) is 18.1 Å². The first kappa shape index (κ1) is 19.6. The molecule has 0 aliphatic carbocycles. The largest absolute Gasteiger partial charge is 0.366 e. The van der Waals surface area contributed by atoms with Crippen LogP contribution in [0.15, 0.2) is 45.6 Å². The molecule has 136 valence electrons. The Morgan fingerprint density at radius 2 is 2.00 bits per heavy atom. The van der Waals surface area contributed by atoms with Crippen molar-refractivity contribution in [1.29, 1.82) is 0 Å². The number of benzene rings is 1. The molecule has 0 spiro atoms. The zero-order valence-corrected chi connectivity index (χ0v) is 16.3. The van der Waals surface area contributed by atoms with Crippen LogP contribution in [0.4, 0.5) is 8.78 Å². The zero-order valence-electron chi connectivity index (χ0n) is 14.7. The van der Waals surface area contributed by atoms with Crippen LogP contribution < -0.4 is 5.32 Å². The Bertz CT molecular complexity index is 700. The first-order valence-corrected chi connectivity index (χ1v) is 8.76. The van der Waals surface area contributed by atoms with Crippen molar-refractivity contribution in [2.75, 3.05) is 13.6 Å². The van der Waals surface area contributed by atoms with Crippen LogP contribution in [-0.2, 0) is 4.74 Å². The maximum atomic E-state index is 13.5. The molecular formula is C18H22BrF2N3O. The fourth-order valence-electron chi connectivity index (χ4n) is 2.32. The highest BCUT2D eigenvalue weighted by Crippen LogP contribution is 2.32. The number of ether oxygens (including phenoxy) is 1. The number of rotatable bonds is 6. The van der Waals surface area contributed by atoms with Gasteiger partial charge in [0, 0.05) is 30.3 Å². The summed E-state index contributed by atoms with van der Waals surface area (Å²) < 4.78 is 33.9. The van der Waals surface area contributed by atoms with E-state index in [1.807, 2.05) is 31.9 Å². The maximum absolute atomic E-state index is 13.5. The highest BCUT2D eigenvalue weighted by atomic mass is 79.9. The molecule has 0 aromatic heterocycles. The van der Waals surface area contributed by atoms with Crippen molar-refractivity contribution in [3.8, 4) is 0 Å². The second-order valence-corrected chi connectivity index (χ2v) is 6.93. The molecule has 1 N–H and O–H groups in total. The van der Waals surface area contributed by atoms with E-state index in [0.717, 1.165) is 17.1 Å². The van der Waals surface area contributed by atoms with Crippen molar-refractivity contribution in [3.63, 3.8) is 0 Å². The minimum absolute atomic E-state index is 0.420. The van der Waals surface area contributed by atoms with Gasteiger partial charge in [0.25, 0.3) is 0 Å². The molecule has 1 aromatic rings. The van der Waals surface area contributed by atoms with Gasteiger partial charge in [0.2, 0.25) is 0 Å². The van der Waals surface area contributed by atoms with Gasteiger partial charge in [0.1, 0.15) is 11.6 Å². The monoisotopic (exact) mass is 413 g/mol. The van der Waals surface area contributed by atoms with Crippen LogP contribution in [0.25, 0.3) is 0 Å². The molecule has 25 heavy (non-hydrogen) atoms. The third-order valence-corrected chi connectivity index (χ3v) is 4.37. The Hall–Kier alpha value is -1.73. The van der Waals surface area contributed by atoms with Crippen LogP contribution in [-0.4, -0.2) is 30.6 Å². The summed E-state index contributed by atoms with van der Waals surface area (Å²) in [6.07, 6.45) is 4.76. The standard InChI is InChI=1S/C18H22BrF2N3O/c1-5-24(4)11-22-17-8-14(19)10-23-18(17,3)25-12(2)13-6-15(20)9-16(21)7-13/h6-12,23H,5H2,1-4H3/t12-,18?/m0/s1. The predicted molar refractivity (Wildman–Crippen MR) is 99.3 cm³/mol. The van der Waals surface area contributed by atoms with Gasteiger partial charge >= 0.3 is 0 Å². The fraction of sp³-hybridized carbons (Fsp3) is 0.389. The van der Waals surface area contributed by atoms with Gasteiger partial charge in [-0.1, -0.05) is 0 Å². The Morgan fingerprint density at radius 1 is 1.36 bits per heavy atom. The summed E-state index contributed by atoms with van der Waals surface area (Å²) in [5.74, 6) is -1.26. The minimum Gasteiger partial charge on any atom is -0.366 e. The predicted octanol–water partition coefficient (Wildman–Crippen LogP) is 4.46. The van der Waals surface area contributed by atoms with Crippen molar-refractivity contribution in [3.05, 3.63) is 57.9 Å². The number of hydrogen-bond donors (Lipinski definition) is 1. The van der Waals surface area contributed by atoms with Gasteiger partial charge < -0.3 is 15.0 Å². The first-order chi connectivity index (χ1) is 11.7. The summed E-state index contributed by atoms with van der Waals surface area (Å²) in [7, 11) is 1.92. The second kappa shape index (κ2) is 8.10. The molecule has 1 aliphatic heterocycles. The Morgan fingerprint density at radius 3 is 2.60 bits per heavy atom. The molecule has 4 nitrogen and oxygen atoms in total. The lowest BCUT2D eigenvalue weighted by Crippen LogP contribution is -2.45. The first-order valence-electron chi connectivity index (χ1n) is 7.97. The van der Waals surface area contributed by atoms with Crippen molar-refractivity contribution in [2.45, 2.75) is 32.6 Å². The van der Waals surface area contributed by atoms with Gasteiger partial charge in [-0.05, 0) is 60.5 Å². The number of nitrogens with zero attached hydrogens (tertiary/aromatic N) is 2. The van der Waals surface area contributed by atoms with Crippen molar-refractivity contribution in [1.82, 2.24) is 10.2 Å². The highest BCUT2D eigenvalue weighted by Gasteiger charge is 2.34. The topological polar surface area (TPSA) is 36.9 Å². The van der Waals surface area contributed by atoms with E-state index in [0.29, 0.717) is 11.3 Å². The lowest BCUT2D eigenvalue weighted by molar-refractivity contribution is -0.0681. The molecule has 0 fully saturated rings.